The molecule has 0 amide bonds. The van der Waals surface area contributed by atoms with E-state index in [1.54, 1.807) is 7.11 Å². The molecule has 1 aromatic rings. The zero-order chi connectivity index (χ0) is 14.1. The summed E-state index contributed by atoms with van der Waals surface area (Å²) >= 11 is 0. The van der Waals surface area contributed by atoms with Gasteiger partial charge in [-0.25, -0.2) is 24.0 Å². The zero-order valence-corrected chi connectivity index (χ0v) is 11.4. The molecule has 0 aliphatic heterocycles. The van der Waals surface area contributed by atoms with Crippen LogP contribution in [0.1, 0.15) is 0 Å². The average molecular weight is 290 g/mol. The molecular formula is C10H18N4O4S. The predicted molar refractivity (Wildman–Crippen MR) is 69.9 cm³/mol. The van der Waals surface area contributed by atoms with Gasteiger partial charge in [0.25, 0.3) is 0 Å². The van der Waals surface area contributed by atoms with Gasteiger partial charge in [0.15, 0.2) is 0 Å². The maximum Gasteiger partial charge on any atom is 0.240 e. The number of hydrogen-bond acceptors (Lipinski definition) is 7. The van der Waals surface area contributed by atoms with E-state index >= 15 is 0 Å². The highest BCUT2D eigenvalue weighted by molar-refractivity contribution is 7.89. The van der Waals surface area contributed by atoms with Gasteiger partial charge in [0.05, 0.1) is 24.7 Å². The van der Waals surface area contributed by atoms with Gasteiger partial charge in [-0.3, -0.25) is 0 Å². The minimum Gasteiger partial charge on any atom is -0.382 e. The number of sulfonamides is 1. The minimum atomic E-state index is -3.58. The lowest BCUT2D eigenvalue weighted by Gasteiger charge is -2.08. The Morgan fingerprint density at radius 2 is 2.16 bits per heavy atom. The van der Waals surface area contributed by atoms with Crippen LogP contribution < -0.4 is 16.0 Å². The van der Waals surface area contributed by atoms with Crippen molar-refractivity contribution in [2.45, 2.75) is 4.90 Å². The fraction of sp³-hybridized carbons (Fsp3) is 0.500. The third-order valence-electron chi connectivity index (χ3n) is 2.16. The molecule has 9 heteroatoms. The lowest BCUT2D eigenvalue weighted by Crippen LogP contribution is -2.28. The number of methoxy groups -OCH3 is 1. The highest BCUT2D eigenvalue weighted by Crippen LogP contribution is 2.11. The van der Waals surface area contributed by atoms with Crippen LogP contribution in [0.25, 0.3) is 0 Å². The maximum atomic E-state index is 11.9. The predicted octanol–water partition coefficient (Wildman–Crippen LogP) is -0.691. The number of hydrogen-bond donors (Lipinski definition) is 3. The van der Waals surface area contributed by atoms with Crippen LogP contribution >= 0.6 is 0 Å². The van der Waals surface area contributed by atoms with Crippen molar-refractivity contribution in [1.29, 1.82) is 0 Å². The first-order chi connectivity index (χ1) is 9.10. The molecule has 0 spiro atoms. The van der Waals surface area contributed by atoms with Crippen molar-refractivity contribution in [3.05, 3.63) is 18.3 Å². The molecule has 108 valence electrons. The molecule has 0 unspecified atom stereocenters. The summed E-state index contributed by atoms with van der Waals surface area (Å²) in [4.78, 5) is 3.92. The molecule has 0 aliphatic rings. The third kappa shape index (κ3) is 5.49. The molecule has 0 atom stereocenters. The van der Waals surface area contributed by atoms with Crippen LogP contribution in [-0.4, -0.2) is 46.9 Å². The molecular weight excluding hydrogens is 272 g/mol. The molecule has 0 fully saturated rings. The van der Waals surface area contributed by atoms with Crippen LogP contribution in [0.5, 0.6) is 0 Å². The lowest BCUT2D eigenvalue weighted by atomic mass is 10.5. The van der Waals surface area contributed by atoms with Crippen molar-refractivity contribution in [2.24, 2.45) is 5.84 Å². The summed E-state index contributed by atoms with van der Waals surface area (Å²) < 4.78 is 36.2. The van der Waals surface area contributed by atoms with Gasteiger partial charge in [0.1, 0.15) is 5.82 Å². The number of nitrogens with two attached hydrogens (primary N) is 1. The molecule has 0 saturated heterocycles. The summed E-state index contributed by atoms with van der Waals surface area (Å²) in [6.07, 6.45) is 1.36. The second-order valence-corrected chi connectivity index (χ2v) is 5.29. The van der Waals surface area contributed by atoms with Gasteiger partial charge in [-0.15, -0.1) is 0 Å². The van der Waals surface area contributed by atoms with Crippen molar-refractivity contribution < 1.29 is 17.9 Å². The Morgan fingerprint density at radius 3 is 2.84 bits per heavy atom. The second kappa shape index (κ2) is 8.02. The Bertz CT molecular complexity index is 480. The highest BCUT2D eigenvalue weighted by Gasteiger charge is 2.13. The Morgan fingerprint density at radius 1 is 1.37 bits per heavy atom. The van der Waals surface area contributed by atoms with Crippen LogP contribution in [0.3, 0.4) is 0 Å². The number of pyridine rings is 1. The average Bonchev–Trinajstić information content (AvgIpc) is 2.43. The molecule has 1 aromatic heterocycles. The van der Waals surface area contributed by atoms with E-state index in [9.17, 15) is 8.42 Å². The van der Waals surface area contributed by atoms with E-state index in [2.05, 4.69) is 15.1 Å². The van der Waals surface area contributed by atoms with Crippen molar-refractivity contribution in [3.63, 3.8) is 0 Å². The van der Waals surface area contributed by atoms with E-state index in [0.717, 1.165) is 0 Å². The van der Waals surface area contributed by atoms with E-state index in [-0.39, 0.29) is 23.9 Å². The smallest absolute Gasteiger partial charge is 0.240 e. The van der Waals surface area contributed by atoms with Crippen LogP contribution in [0.4, 0.5) is 5.82 Å². The third-order valence-corrected chi connectivity index (χ3v) is 3.62. The SMILES string of the molecule is COCCOCCNS(=O)(=O)c1ccnc(NN)c1. The number of hydrazine groups is 1. The summed E-state index contributed by atoms with van der Waals surface area (Å²) in [6, 6.07) is 2.73. The number of nitrogens with zero attached hydrogens (tertiary/aromatic N) is 1. The minimum absolute atomic E-state index is 0.0901. The molecule has 8 nitrogen and oxygen atoms in total. The van der Waals surface area contributed by atoms with Crippen molar-refractivity contribution >= 4 is 15.8 Å². The number of ether oxygens (including phenoxy) is 2. The van der Waals surface area contributed by atoms with Gasteiger partial charge >= 0.3 is 0 Å². The molecule has 4 N–H and O–H groups in total. The molecule has 0 radical (unpaired) electrons. The van der Waals surface area contributed by atoms with Gasteiger partial charge in [0.2, 0.25) is 10.0 Å². The van der Waals surface area contributed by atoms with Crippen LogP contribution in [0.2, 0.25) is 0 Å². The highest BCUT2D eigenvalue weighted by atomic mass is 32.2. The largest absolute Gasteiger partial charge is 0.382 e. The van der Waals surface area contributed by atoms with Crippen LogP contribution in [-0.2, 0) is 19.5 Å². The Kier molecular flexibility index (Phi) is 6.67. The number of aromatic nitrogens is 1. The first kappa shape index (κ1) is 15.8. The topological polar surface area (TPSA) is 116 Å². The van der Waals surface area contributed by atoms with Gasteiger partial charge in [-0.1, -0.05) is 0 Å². The van der Waals surface area contributed by atoms with E-state index in [0.29, 0.717) is 13.2 Å². The fourth-order valence-electron chi connectivity index (χ4n) is 1.23. The number of nitrogens with one attached hydrogen (secondary N) is 2. The Labute approximate surface area is 112 Å². The van der Waals surface area contributed by atoms with Gasteiger partial charge in [-0.2, -0.15) is 0 Å². The second-order valence-electron chi connectivity index (χ2n) is 3.52. The van der Waals surface area contributed by atoms with Gasteiger partial charge in [-0.05, 0) is 6.07 Å². The summed E-state index contributed by atoms with van der Waals surface area (Å²) in [7, 11) is -2.01. The number of anilines is 1. The molecule has 19 heavy (non-hydrogen) atoms. The lowest BCUT2D eigenvalue weighted by molar-refractivity contribution is 0.0736. The van der Waals surface area contributed by atoms with E-state index < -0.39 is 10.0 Å². The van der Waals surface area contributed by atoms with Crippen molar-refractivity contribution in [1.82, 2.24) is 9.71 Å². The van der Waals surface area contributed by atoms with E-state index in [1.807, 2.05) is 0 Å². The first-order valence-corrected chi connectivity index (χ1v) is 7.07. The molecule has 1 heterocycles. The fourth-order valence-corrected chi connectivity index (χ4v) is 2.26. The van der Waals surface area contributed by atoms with Crippen LogP contribution in [0.15, 0.2) is 23.2 Å². The number of rotatable bonds is 9. The maximum absolute atomic E-state index is 11.9. The van der Waals surface area contributed by atoms with Gasteiger partial charge in [0, 0.05) is 25.9 Å². The van der Waals surface area contributed by atoms with Gasteiger partial charge < -0.3 is 14.9 Å². The quantitative estimate of drug-likeness (QED) is 0.313. The Hall–Kier alpha value is -1.26. The van der Waals surface area contributed by atoms with Crippen molar-refractivity contribution in [2.75, 3.05) is 38.9 Å². The normalized spacial score (nSPS) is 11.5. The summed E-state index contributed by atoms with van der Waals surface area (Å²) in [5.74, 6) is 5.45. The summed E-state index contributed by atoms with van der Waals surface area (Å²) in [5, 5.41) is 0. The molecule has 0 aliphatic carbocycles. The standard InChI is InChI=1S/C10H18N4O4S/c1-17-6-7-18-5-4-13-19(15,16)9-2-3-12-10(8-9)14-11/h2-3,8,13H,4-7,11H2,1H3,(H,12,14). The molecule has 0 saturated carbocycles. The van der Waals surface area contributed by atoms with E-state index in [1.165, 1.54) is 18.3 Å². The van der Waals surface area contributed by atoms with Crippen molar-refractivity contribution in [3.8, 4) is 0 Å². The summed E-state index contributed by atoms with van der Waals surface area (Å²) in [6.45, 7) is 1.35. The Balaban J connectivity index is 2.46. The first-order valence-electron chi connectivity index (χ1n) is 5.59. The molecule has 0 aromatic carbocycles. The van der Waals surface area contributed by atoms with Crippen LogP contribution in [0, 0.1) is 0 Å². The summed E-state index contributed by atoms with van der Waals surface area (Å²) in [5.41, 5.74) is 2.29. The molecule has 0 bridgehead atoms. The zero-order valence-electron chi connectivity index (χ0n) is 10.6. The monoisotopic (exact) mass is 290 g/mol. The van der Waals surface area contributed by atoms with E-state index in [4.69, 9.17) is 15.3 Å². The number of nitrogen functional groups attached to an aromatic ring is 1. The molecule has 1 rings (SSSR count).